The van der Waals surface area contributed by atoms with Gasteiger partial charge in [0.15, 0.2) is 0 Å². The number of aromatic nitrogens is 4. The van der Waals surface area contributed by atoms with Crippen molar-refractivity contribution < 1.29 is 14.6 Å². The van der Waals surface area contributed by atoms with Gasteiger partial charge in [-0.15, -0.1) is 0 Å². The van der Waals surface area contributed by atoms with Gasteiger partial charge in [-0.05, 0) is 54.7 Å². The molecular weight excluding hydrogens is 454 g/mol. The molecule has 1 amide bonds. The van der Waals surface area contributed by atoms with Crippen LogP contribution in [0.15, 0.2) is 73.3 Å². The van der Waals surface area contributed by atoms with E-state index in [1.165, 1.54) is 0 Å². The molecule has 3 heterocycles. The molecule has 1 aromatic carbocycles. The Kier molecular flexibility index (Phi) is 6.93. The number of ether oxygens (including phenoxy) is 1. The number of phenols is 1. The van der Waals surface area contributed by atoms with Gasteiger partial charge >= 0.3 is 0 Å². The Hall–Kier alpha value is -4.20. The fourth-order valence-electron chi connectivity index (χ4n) is 4.79. The Morgan fingerprint density at radius 3 is 2.83 bits per heavy atom. The number of nitrogens with zero attached hydrogens (tertiary/aromatic N) is 5. The Balaban J connectivity index is 1.40. The van der Waals surface area contributed by atoms with E-state index in [1.807, 2.05) is 47.3 Å². The van der Waals surface area contributed by atoms with E-state index in [2.05, 4.69) is 15.1 Å². The highest BCUT2D eigenvalue weighted by molar-refractivity contribution is 5.98. The van der Waals surface area contributed by atoms with Crippen LogP contribution in [0.4, 0.5) is 5.69 Å². The molecule has 4 aromatic rings. The van der Waals surface area contributed by atoms with E-state index < -0.39 is 0 Å². The molecular formula is C28H29N5O3. The molecule has 0 bridgehead atoms. The van der Waals surface area contributed by atoms with Gasteiger partial charge in [0.05, 0.1) is 37.7 Å². The largest absolute Gasteiger partial charge is 0.508 e. The first-order valence-electron chi connectivity index (χ1n) is 12.2. The van der Waals surface area contributed by atoms with Crippen LogP contribution in [-0.2, 0) is 30.7 Å². The molecule has 0 saturated carbocycles. The molecule has 1 N–H and O–H groups in total. The van der Waals surface area contributed by atoms with Gasteiger partial charge in [0.1, 0.15) is 5.75 Å². The number of phenolic OH excluding ortho intramolecular Hbond substituents is 1. The van der Waals surface area contributed by atoms with Gasteiger partial charge in [0.25, 0.3) is 0 Å². The van der Waals surface area contributed by atoms with E-state index >= 15 is 0 Å². The molecule has 8 heteroatoms. The van der Waals surface area contributed by atoms with Crippen molar-refractivity contribution in [1.29, 1.82) is 0 Å². The van der Waals surface area contributed by atoms with Gasteiger partial charge in [-0.3, -0.25) is 14.5 Å². The quantitative estimate of drug-likeness (QED) is 0.402. The fraction of sp³-hybridized carbons (Fsp3) is 0.286. The summed E-state index contributed by atoms with van der Waals surface area (Å²) < 4.78 is 7.09. The van der Waals surface area contributed by atoms with Crippen LogP contribution in [0.3, 0.4) is 0 Å². The van der Waals surface area contributed by atoms with Gasteiger partial charge in [-0.25, -0.2) is 4.98 Å². The molecule has 1 aliphatic rings. The maximum atomic E-state index is 14.0. The molecule has 8 nitrogen and oxygen atoms in total. The number of carbonyl (C=O) groups is 1. The summed E-state index contributed by atoms with van der Waals surface area (Å²) in [5.41, 5.74) is 4.40. The first kappa shape index (κ1) is 23.5. The molecule has 0 spiro atoms. The number of hydrogen-bond acceptors (Lipinski definition) is 6. The summed E-state index contributed by atoms with van der Waals surface area (Å²) in [4.78, 5) is 24.5. The van der Waals surface area contributed by atoms with Crippen molar-refractivity contribution in [1.82, 2.24) is 19.7 Å². The maximum Gasteiger partial charge on any atom is 0.234 e. The Labute approximate surface area is 210 Å². The third-order valence-corrected chi connectivity index (χ3v) is 6.64. The molecule has 184 valence electrons. The van der Waals surface area contributed by atoms with Gasteiger partial charge < -0.3 is 14.7 Å². The summed E-state index contributed by atoms with van der Waals surface area (Å²) in [5.74, 6) is 0.398. The number of fused-ring (bicyclic) bond motifs is 1. The number of anilines is 1. The fourth-order valence-corrected chi connectivity index (χ4v) is 4.79. The summed E-state index contributed by atoms with van der Waals surface area (Å²) in [5, 5.41) is 14.9. The predicted octanol–water partition coefficient (Wildman–Crippen LogP) is 4.28. The van der Waals surface area contributed by atoms with Crippen LogP contribution < -0.4 is 9.64 Å². The van der Waals surface area contributed by atoms with Crippen LogP contribution in [-0.4, -0.2) is 37.9 Å². The highest BCUT2D eigenvalue weighted by Crippen LogP contribution is 2.38. The lowest BCUT2D eigenvalue weighted by atomic mass is 9.81. The normalized spacial score (nSPS) is 14.8. The van der Waals surface area contributed by atoms with Gasteiger partial charge in [0, 0.05) is 42.7 Å². The predicted molar refractivity (Wildman–Crippen MR) is 136 cm³/mol. The first-order valence-corrected chi connectivity index (χ1v) is 12.2. The molecule has 0 fully saturated rings. The average Bonchev–Trinajstić information content (AvgIpc) is 3.38. The summed E-state index contributed by atoms with van der Waals surface area (Å²) >= 11 is 0. The minimum Gasteiger partial charge on any atom is -0.508 e. The lowest BCUT2D eigenvalue weighted by molar-refractivity contribution is -0.120. The molecule has 3 aromatic heterocycles. The standard InChI is InChI=1S/C28H29N5O3/c1-36-27-12-11-22(17-30-27)33(28(35)25-9-4-8-24-23(25)7-5-10-26(24)34)19-20-16-31-32(18-20)15-13-21-6-2-3-14-29-21/h2-3,5-7,10-12,14,16-18,25,34H,4,8-9,13,15,19H2,1H3. The van der Waals surface area contributed by atoms with Crippen LogP contribution in [0.5, 0.6) is 11.6 Å². The topological polar surface area (TPSA) is 93.4 Å². The Morgan fingerprint density at radius 1 is 1.14 bits per heavy atom. The highest BCUT2D eigenvalue weighted by atomic mass is 16.5. The summed E-state index contributed by atoms with van der Waals surface area (Å²) in [6, 6.07) is 14.9. The first-order chi connectivity index (χ1) is 17.6. The van der Waals surface area contributed by atoms with E-state index in [9.17, 15) is 9.90 Å². The second-order valence-electron chi connectivity index (χ2n) is 8.96. The van der Waals surface area contributed by atoms with Gasteiger partial charge in [-0.1, -0.05) is 18.2 Å². The number of benzene rings is 1. The van der Waals surface area contributed by atoms with Crippen molar-refractivity contribution in [2.45, 2.75) is 44.7 Å². The Morgan fingerprint density at radius 2 is 2.06 bits per heavy atom. The molecule has 5 rings (SSSR count). The summed E-state index contributed by atoms with van der Waals surface area (Å²) in [6.45, 7) is 1.06. The number of aromatic hydroxyl groups is 1. The number of carbonyl (C=O) groups excluding carboxylic acids is 1. The van der Waals surface area contributed by atoms with Crippen molar-refractivity contribution >= 4 is 11.6 Å². The lowest BCUT2D eigenvalue weighted by Gasteiger charge is -2.31. The molecule has 36 heavy (non-hydrogen) atoms. The number of aryl methyl sites for hydroxylation is 2. The molecule has 0 aliphatic heterocycles. The lowest BCUT2D eigenvalue weighted by Crippen LogP contribution is -2.36. The van der Waals surface area contributed by atoms with Crippen molar-refractivity contribution in [2.75, 3.05) is 12.0 Å². The summed E-state index contributed by atoms with van der Waals surface area (Å²) in [6.07, 6.45) is 10.4. The van der Waals surface area contributed by atoms with Crippen LogP contribution in [0.2, 0.25) is 0 Å². The van der Waals surface area contributed by atoms with Crippen molar-refractivity contribution in [3.8, 4) is 11.6 Å². The smallest absolute Gasteiger partial charge is 0.234 e. The third-order valence-electron chi connectivity index (χ3n) is 6.64. The molecule has 0 saturated heterocycles. The van der Waals surface area contributed by atoms with E-state index in [4.69, 9.17) is 4.74 Å². The van der Waals surface area contributed by atoms with Crippen LogP contribution in [0.25, 0.3) is 0 Å². The zero-order valence-corrected chi connectivity index (χ0v) is 20.2. The zero-order chi connectivity index (χ0) is 24.9. The van der Waals surface area contributed by atoms with E-state index in [0.717, 1.165) is 48.1 Å². The van der Waals surface area contributed by atoms with Crippen LogP contribution in [0.1, 0.15) is 41.1 Å². The number of methoxy groups -OCH3 is 1. The number of amides is 1. The zero-order valence-electron chi connectivity index (χ0n) is 20.2. The number of pyridine rings is 2. The second-order valence-corrected chi connectivity index (χ2v) is 8.96. The SMILES string of the molecule is COc1ccc(N(Cc2cnn(CCc3ccccn3)c2)C(=O)C2CCCc3c(O)cccc32)cn1. The van der Waals surface area contributed by atoms with E-state index in [-0.39, 0.29) is 17.6 Å². The van der Waals surface area contributed by atoms with Gasteiger partial charge in [-0.2, -0.15) is 5.10 Å². The molecule has 1 unspecified atom stereocenters. The average molecular weight is 484 g/mol. The minimum absolute atomic E-state index is 0.0187. The third kappa shape index (κ3) is 5.07. The van der Waals surface area contributed by atoms with Crippen LogP contribution >= 0.6 is 0 Å². The number of rotatable bonds is 8. The second kappa shape index (κ2) is 10.6. The van der Waals surface area contributed by atoms with Crippen LogP contribution in [0, 0.1) is 0 Å². The number of hydrogen-bond donors (Lipinski definition) is 1. The van der Waals surface area contributed by atoms with Crippen molar-refractivity contribution in [2.24, 2.45) is 0 Å². The van der Waals surface area contributed by atoms with Gasteiger partial charge in [0.2, 0.25) is 11.8 Å². The molecule has 1 atom stereocenters. The molecule has 1 aliphatic carbocycles. The van der Waals surface area contributed by atoms with Crippen molar-refractivity contribution in [3.63, 3.8) is 0 Å². The Bertz CT molecular complexity index is 1320. The molecule has 0 radical (unpaired) electrons. The monoisotopic (exact) mass is 483 g/mol. The minimum atomic E-state index is -0.331. The van der Waals surface area contributed by atoms with E-state index in [1.54, 1.807) is 42.7 Å². The van der Waals surface area contributed by atoms with Crippen molar-refractivity contribution in [3.05, 3.63) is 95.7 Å². The highest BCUT2D eigenvalue weighted by Gasteiger charge is 2.32. The summed E-state index contributed by atoms with van der Waals surface area (Å²) in [7, 11) is 1.57. The maximum absolute atomic E-state index is 14.0. The van der Waals surface area contributed by atoms with E-state index in [0.29, 0.717) is 24.7 Å².